The summed E-state index contributed by atoms with van der Waals surface area (Å²) in [5.74, 6) is 1.00. The number of aromatic nitrogens is 3. The highest BCUT2D eigenvalue weighted by Gasteiger charge is 2.16. The topological polar surface area (TPSA) is 148 Å². The van der Waals surface area contributed by atoms with E-state index in [9.17, 15) is 14.7 Å². The van der Waals surface area contributed by atoms with Crippen molar-refractivity contribution < 1.29 is 28.9 Å². The first-order valence-corrected chi connectivity index (χ1v) is 15.2. The summed E-state index contributed by atoms with van der Waals surface area (Å²) in [5.41, 5.74) is 4.11. The van der Waals surface area contributed by atoms with Gasteiger partial charge >= 0.3 is 6.09 Å². The van der Waals surface area contributed by atoms with E-state index in [1.807, 2.05) is 57.2 Å². The molecule has 244 valence electrons. The fourth-order valence-electron chi connectivity index (χ4n) is 4.65. The van der Waals surface area contributed by atoms with E-state index in [-0.39, 0.29) is 18.2 Å². The maximum absolute atomic E-state index is 12.8. The van der Waals surface area contributed by atoms with Crippen LogP contribution in [0.2, 0.25) is 0 Å². The number of nitrogens with zero attached hydrogens (tertiary/aromatic N) is 4. The molecule has 46 heavy (non-hydrogen) atoms. The van der Waals surface area contributed by atoms with Crippen LogP contribution in [0.15, 0.2) is 60.9 Å². The number of carbonyl (C=O) groups excluding carboxylic acids is 2. The number of alkyl carbamates (subject to hydrolysis) is 1. The van der Waals surface area contributed by atoms with Gasteiger partial charge in [-0.3, -0.25) is 14.8 Å². The number of unbranched alkanes of at least 4 members (excludes halogenated alkanes) is 1. The molecule has 0 fully saturated rings. The molecule has 0 atom stereocenters. The van der Waals surface area contributed by atoms with E-state index in [4.69, 9.17) is 19.2 Å². The minimum atomic E-state index is -0.546. The molecule has 0 radical (unpaired) electrons. The van der Waals surface area contributed by atoms with Crippen molar-refractivity contribution in [3.05, 3.63) is 66.6 Å². The van der Waals surface area contributed by atoms with Crippen LogP contribution >= 0.6 is 0 Å². The van der Waals surface area contributed by atoms with Gasteiger partial charge in [0.25, 0.3) is 5.91 Å². The van der Waals surface area contributed by atoms with Gasteiger partial charge in [0.2, 0.25) is 0 Å². The maximum atomic E-state index is 12.8. The van der Waals surface area contributed by atoms with Crippen LogP contribution in [0.3, 0.4) is 0 Å². The standard InChI is InChI=1S/C34H42N6O6/c1-34(2,3)46-33(43)37-13-7-6-12-36-32(42)30-17-23(11-14-35-30)31-22-38-28-10-9-24(20-29(28)39-31)40(15-8-16-41)25-18-26(44-4)21-27(19-25)45-5/h9-11,14,17-22,41H,6-8,12-13,15-16H2,1-5H3,(H,36,42)(H,37,43). The third kappa shape index (κ3) is 9.51. The second-order valence-electron chi connectivity index (χ2n) is 11.5. The first kappa shape index (κ1) is 33.9. The van der Waals surface area contributed by atoms with Crippen molar-refractivity contribution in [1.82, 2.24) is 25.6 Å². The lowest BCUT2D eigenvalue weighted by Gasteiger charge is -2.26. The average molecular weight is 631 g/mol. The van der Waals surface area contributed by atoms with Crippen LogP contribution in [0, 0.1) is 0 Å². The average Bonchev–Trinajstić information content (AvgIpc) is 3.05. The molecular weight excluding hydrogens is 588 g/mol. The molecule has 2 aromatic carbocycles. The van der Waals surface area contributed by atoms with Crippen molar-refractivity contribution in [3.8, 4) is 22.8 Å². The summed E-state index contributed by atoms with van der Waals surface area (Å²) in [6.07, 6.45) is 4.70. The summed E-state index contributed by atoms with van der Waals surface area (Å²) in [6.45, 7) is 6.91. The van der Waals surface area contributed by atoms with E-state index in [1.54, 1.807) is 38.7 Å². The predicted octanol–water partition coefficient (Wildman–Crippen LogP) is 5.26. The monoisotopic (exact) mass is 630 g/mol. The molecule has 0 spiro atoms. The van der Waals surface area contributed by atoms with Crippen molar-refractivity contribution in [3.63, 3.8) is 0 Å². The lowest BCUT2D eigenvalue weighted by Crippen LogP contribution is -2.33. The van der Waals surface area contributed by atoms with Crippen LogP contribution in [-0.4, -0.2) is 78.1 Å². The number of anilines is 2. The van der Waals surface area contributed by atoms with Gasteiger partial charge in [0.05, 0.1) is 37.1 Å². The second-order valence-corrected chi connectivity index (χ2v) is 11.5. The summed E-state index contributed by atoms with van der Waals surface area (Å²) < 4.78 is 16.2. The van der Waals surface area contributed by atoms with Gasteiger partial charge < -0.3 is 34.9 Å². The highest BCUT2D eigenvalue weighted by Crippen LogP contribution is 2.34. The number of fused-ring (bicyclic) bond motifs is 1. The third-order valence-electron chi connectivity index (χ3n) is 6.87. The van der Waals surface area contributed by atoms with Crippen LogP contribution in [0.5, 0.6) is 11.5 Å². The highest BCUT2D eigenvalue weighted by atomic mass is 16.6. The molecule has 0 aliphatic heterocycles. The van der Waals surface area contributed by atoms with E-state index in [0.29, 0.717) is 72.7 Å². The molecule has 0 saturated carbocycles. The molecule has 3 N–H and O–H groups in total. The molecule has 4 aromatic rings. The number of aliphatic hydroxyl groups is 1. The van der Waals surface area contributed by atoms with Gasteiger partial charge in [0.1, 0.15) is 22.8 Å². The zero-order valence-electron chi connectivity index (χ0n) is 27.0. The highest BCUT2D eigenvalue weighted by molar-refractivity contribution is 5.93. The summed E-state index contributed by atoms with van der Waals surface area (Å²) in [4.78, 5) is 40.4. The van der Waals surface area contributed by atoms with E-state index in [2.05, 4.69) is 25.5 Å². The van der Waals surface area contributed by atoms with E-state index in [0.717, 1.165) is 11.4 Å². The Balaban J connectivity index is 1.46. The van der Waals surface area contributed by atoms with Gasteiger partial charge in [-0.15, -0.1) is 0 Å². The Hall–Kier alpha value is -4.97. The fourth-order valence-corrected chi connectivity index (χ4v) is 4.65. The second kappa shape index (κ2) is 15.8. The Bertz CT molecular complexity index is 1620. The van der Waals surface area contributed by atoms with Crippen LogP contribution < -0.4 is 25.0 Å². The first-order valence-electron chi connectivity index (χ1n) is 15.2. The number of benzene rings is 2. The Morgan fingerprint density at radius 3 is 2.24 bits per heavy atom. The lowest BCUT2D eigenvalue weighted by molar-refractivity contribution is 0.0526. The molecule has 2 amide bonds. The molecule has 0 aliphatic carbocycles. The smallest absolute Gasteiger partial charge is 0.407 e. The quantitative estimate of drug-likeness (QED) is 0.158. The lowest BCUT2D eigenvalue weighted by atomic mass is 10.1. The normalized spacial score (nSPS) is 11.2. The number of methoxy groups -OCH3 is 2. The molecule has 0 saturated heterocycles. The van der Waals surface area contributed by atoms with Gasteiger partial charge in [0, 0.05) is 67.6 Å². The summed E-state index contributed by atoms with van der Waals surface area (Å²) >= 11 is 0. The number of rotatable bonds is 14. The molecule has 4 rings (SSSR count). The van der Waals surface area contributed by atoms with Crippen molar-refractivity contribution in [2.45, 2.75) is 45.6 Å². The van der Waals surface area contributed by atoms with Crippen molar-refractivity contribution >= 4 is 34.4 Å². The Morgan fingerprint density at radius 2 is 1.57 bits per heavy atom. The molecule has 0 aliphatic rings. The molecule has 2 heterocycles. The number of nitrogens with one attached hydrogen (secondary N) is 2. The van der Waals surface area contributed by atoms with Crippen LogP contribution in [-0.2, 0) is 4.74 Å². The minimum Gasteiger partial charge on any atom is -0.497 e. The number of carbonyl (C=O) groups is 2. The van der Waals surface area contributed by atoms with Crippen LogP contribution in [0.25, 0.3) is 22.3 Å². The minimum absolute atomic E-state index is 0.0401. The molecular formula is C34H42N6O6. The zero-order chi connectivity index (χ0) is 33.1. The number of hydrogen-bond donors (Lipinski definition) is 3. The Labute approximate surface area is 269 Å². The van der Waals surface area contributed by atoms with E-state index in [1.165, 1.54) is 0 Å². The van der Waals surface area contributed by atoms with E-state index >= 15 is 0 Å². The molecule has 2 aromatic heterocycles. The maximum Gasteiger partial charge on any atom is 0.407 e. The summed E-state index contributed by atoms with van der Waals surface area (Å²) in [6, 6.07) is 14.9. The fraction of sp³-hybridized carbons (Fsp3) is 0.382. The van der Waals surface area contributed by atoms with Crippen molar-refractivity contribution in [2.75, 3.05) is 45.4 Å². The number of aliphatic hydroxyl groups excluding tert-OH is 1. The van der Waals surface area contributed by atoms with Gasteiger partial charge in [-0.25, -0.2) is 9.78 Å². The van der Waals surface area contributed by atoms with Gasteiger partial charge in [-0.2, -0.15) is 0 Å². The number of ether oxygens (including phenoxy) is 3. The summed E-state index contributed by atoms with van der Waals surface area (Å²) in [7, 11) is 3.21. The largest absolute Gasteiger partial charge is 0.497 e. The SMILES string of the molecule is COc1cc(OC)cc(N(CCCO)c2ccc3ncc(-c4ccnc(C(=O)NCCCCNC(=O)OC(C)(C)C)c4)nc3c2)c1. The van der Waals surface area contributed by atoms with Crippen molar-refractivity contribution in [1.29, 1.82) is 0 Å². The first-order chi connectivity index (χ1) is 22.1. The zero-order valence-corrected chi connectivity index (χ0v) is 27.0. The molecule has 0 unspecified atom stereocenters. The van der Waals surface area contributed by atoms with Gasteiger partial charge in [-0.05, 0) is 70.4 Å². The van der Waals surface area contributed by atoms with Crippen molar-refractivity contribution in [2.24, 2.45) is 0 Å². The van der Waals surface area contributed by atoms with Gasteiger partial charge in [-0.1, -0.05) is 0 Å². The number of amides is 2. The molecule has 0 bridgehead atoms. The Morgan fingerprint density at radius 1 is 0.848 bits per heavy atom. The molecule has 12 nitrogen and oxygen atoms in total. The summed E-state index contributed by atoms with van der Waals surface area (Å²) in [5, 5.41) is 15.2. The Kier molecular flexibility index (Phi) is 11.7. The number of pyridine rings is 1. The third-order valence-corrected chi connectivity index (χ3v) is 6.87. The predicted molar refractivity (Wildman–Crippen MR) is 177 cm³/mol. The van der Waals surface area contributed by atoms with Crippen LogP contribution in [0.1, 0.15) is 50.5 Å². The van der Waals surface area contributed by atoms with Gasteiger partial charge in [0.15, 0.2) is 0 Å². The van der Waals surface area contributed by atoms with E-state index < -0.39 is 11.7 Å². The molecule has 12 heteroatoms. The number of hydrogen-bond acceptors (Lipinski definition) is 10. The van der Waals surface area contributed by atoms with Crippen LogP contribution in [0.4, 0.5) is 16.2 Å².